The number of benzene rings is 1. The topological polar surface area (TPSA) is 55.6 Å². The van der Waals surface area contributed by atoms with E-state index in [4.69, 9.17) is 5.10 Å². The number of hydrogen-bond acceptors (Lipinski definition) is 5. The van der Waals surface area contributed by atoms with Gasteiger partial charge in [0.1, 0.15) is 17.0 Å². The van der Waals surface area contributed by atoms with E-state index in [0.29, 0.717) is 6.54 Å². The minimum Gasteiger partial charge on any atom is -0.365 e. The van der Waals surface area contributed by atoms with E-state index in [0.717, 1.165) is 28.3 Å². The lowest BCUT2D eigenvalue weighted by atomic mass is 10.1. The second kappa shape index (κ2) is 7.12. The Hall–Kier alpha value is -2.73. The van der Waals surface area contributed by atoms with Crippen molar-refractivity contribution in [3.63, 3.8) is 0 Å². The maximum Gasteiger partial charge on any atom is 0.138 e. The smallest absolute Gasteiger partial charge is 0.138 e. The monoisotopic (exact) mass is 377 g/mol. The molecule has 3 heterocycles. The molecule has 0 saturated heterocycles. The number of hydrogen-bond donors (Lipinski definition) is 1. The molecule has 0 aliphatic rings. The van der Waals surface area contributed by atoms with Gasteiger partial charge in [-0.3, -0.25) is 4.68 Å². The molecule has 1 aromatic carbocycles. The summed E-state index contributed by atoms with van der Waals surface area (Å²) in [5, 5.41) is 9.40. The molecular weight excluding hydrogens is 354 g/mol. The predicted molar refractivity (Wildman–Crippen MR) is 111 cm³/mol. The molecule has 0 amide bonds. The van der Waals surface area contributed by atoms with Gasteiger partial charge in [-0.25, -0.2) is 9.97 Å². The van der Waals surface area contributed by atoms with Gasteiger partial charge in [-0.05, 0) is 38.8 Å². The third kappa shape index (κ3) is 3.32. The zero-order chi connectivity index (χ0) is 19.0. The summed E-state index contributed by atoms with van der Waals surface area (Å²) in [5.41, 5.74) is 5.98. The maximum atomic E-state index is 4.75. The first-order valence-electron chi connectivity index (χ1n) is 9.06. The molecule has 138 valence electrons. The summed E-state index contributed by atoms with van der Waals surface area (Å²) in [7, 11) is 0. The molecule has 0 fully saturated rings. The number of aromatic nitrogens is 4. The molecule has 1 N–H and O–H groups in total. The van der Waals surface area contributed by atoms with Gasteiger partial charge in [-0.1, -0.05) is 30.3 Å². The molecule has 0 unspecified atom stereocenters. The first-order chi connectivity index (χ1) is 13.0. The molecule has 0 aliphatic carbocycles. The van der Waals surface area contributed by atoms with Gasteiger partial charge >= 0.3 is 0 Å². The van der Waals surface area contributed by atoms with Crippen LogP contribution in [0.5, 0.6) is 0 Å². The molecule has 0 saturated carbocycles. The van der Waals surface area contributed by atoms with Crippen LogP contribution >= 0.6 is 11.3 Å². The Bertz CT molecular complexity index is 1090. The van der Waals surface area contributed by atoms with Crippen LogP contribution in [-0.4, -0.2) is 19.7 Å². The fourth-order valence-electron chi connectivity index (χ4n) is 3.39. The Morgan fingerprint density at radius 3 is 2.59 bits per heavy atom. The molecule has 6 heteroatoms. The summed E-state index contributed by atoms with van der Waals surface area (Å²) in [4.78, 5) is 11.2. The summed E-state index contributed by atoms with van der Waals surface area (Å²) >= 11 is 1.72. The number of rotatable bonds is 5. The van der Waals surface area contributed by atoms with E-state index < -0.39 is 0 Å². The molecule has 0 atom stereocenters. The first-order valence-corrected chi connectivity index (χ1v) is 9.87. The van der Waals surface area contributed by atoms with Gasteiger partial charge < -0.3 is 5.32 Å². The van der Waals surface area contributed by atoms with E-state index in [9.17, 15) is 0 Å². The molecule has 0 spiro atoms. The largest absolute Gasteiger partial charge is 0.365 e. The van der Waals surface area contributed by atoms with Crippen molar-refractivity contribution in [1.29, 1.82) is 0 Å². The highest BCUT2D eigenvalue weighted by Gasteiger charge is 2.15. The minimum absolute atomic E-state index is 0.701. The Balaban J connectivity index is 1.59. The average Bonchev–Trinajstić information content (AvgIpc) is 3.10. The number of fused-ring (bicyclic) bond motifs is 1. The van der Waals surface area contributed by atoms with E-state index in [2.05, 4.69) is 71.9 Å². The molecule has 4 aromatic rings. The van der Waals surface area contributed by atoms with Crippen molar-refractivity contribution in [3.8, 4) is 0 Å². The zero-order valence-electron chi connectivity index (χ0n) is 16.1. The second-order valence-corrected chi connectivity index (χ2v) is 8.04. The van der Waals surface area contributed by atoms with Crippen molar-refractivity contribution in [2.45, 2.75) is 40.8 Å². The molecule has 4 rings (SSSR count). The van der Waals surface area contributed by atoms with Gasteiger partial charge in [-0.15, -0.1) is 11.3 Å². The number of anilines is 1. The molecule has 27 heavy (non-hydrogen) atoms. The zero-order valence-corrected chi connectivity index (χ0v) is 16.9. The lowest BCUT2D eigenvalue weighted by molar-refractivity contribution is 0.658. The van der Waals surface area contributed by atoms with Crippen LogP contribution in [0.3, 0.4) is 0 Å². The van der Waals surface area contributed by atoms with Gasteiger partial charge in [0.15, 0.2) is 0 Å². The average molecular weight is 378 g/mol. The third-order valence-electron chi connectivity index (χ3n) is 5.10. The summed E-state index contributed by atoms with van der Waals surface area (Å²) in [6.45, 7) is 9.96. The van der Waals surface area contributed by atoms with Gasteiger partial charge in [0.05, 0.1) is 17.6 Å². The van der Waals surface area contributed by atoms with E-state index in [-0.39, 0.29) is 0 Å². The maximum absolute atomic E-state index is 4.75. The van der Waals surface area contributed by atoms with Gasteiger partial charge in [-0.2, -0.15) is 5.10 Å². The standard InChI is InChI=1S/C21H23N5S/c1-13-16(4)27-21-19(13)20(23-12-24-21)22-10-18-14(2)25-26(15(18)3)11-17-8-6-5-7-9-17/h5-9,12H,10-11H2,1-4H3,(H,22,23,24). The molecule has 0 radical (unpaired) electrons. The summed E-state index contributed by atoms with van der Waals surface area (Å²) < 4.78 is 2.08. The Labute approximate surface area is 163 Å². The van der Waals surface area contributed by atoms with Crippen LogP contribution in [0.1, 0.15) is 33.0 Å². The Morgan fingerprint density at radius 1 is 1.04 bits per heavy atom. The SMILES string of the molecule is Cc1nn(Cc2ccccc2)c(C)c1CNc1ncnc2sc(C)c(C)c12. The molecule has 5 nitrogen and oxygen atoms in total. The van der Waals surface area contributed by atoms with Gasteiger partial charge in [0.25, 0.3) is 0 Å². The van der Waals surface area contributed by atoms with Crippen molar-refractivity contribution in [2.24, 2.45) is 0 Å². The molecule has 0 bridgehead atoms. The molecule has 3 aromatic heterocycles. The van der Waals surface area contributed by atoms with Crippen LogP contribution in [0.2, 0.25) is 0 Å². The highest BCUT2D eigenvalue weighted by molar-refractivity contribution is 7.18. The van der Waals surface area contributed by atoms with Crippen LogP contribution in [0.15, 0.2) is 36.7 Å². The highest BCUT2D eigenvalue weighted by atomic mass is 32.1. The molecule has 0 aliphatic heterocycles. The van der Waals surface area contributed by atoms with Crippen molar-refractivity contribution < 1.29 is 0 Å². The van der Waals surface area contributed by atoms with E-state index >= 15 is 0 Å². The van der Waals surface area contributed by atoms with Crippen molar-refractivity contribution in [1.82, 2.24) is 19.7 Å². The van der Waals surface area contributed by atoms with Crippen molar-refractivity contribution >= 4 is 27.4 Å². The third-order valence-corrected chi connectivity index (χ3v) is 6.22. The molecular formula is C21H23N5S. The van der Waals surface area contributed by atoms with Gasteiger partial charge in [0.2, 0.25) is 0 Å². The Kier molecular flexibility index (Phi) is 4.66. The minimum atomic E-state index is 0.701. The van der Waals surface area contributed by atoms with Crippen LogP contribution in [0.4, 0.5) is 5.82 Å². The summed E-state index contributed by atoms with van der Waals surface area (Å²) in [6.07, 6.45) is 1.64. The van der Waals surface area contributed by atoms with Crippen molar-refractivity contribution in [2.75, 3.05) is 5.32 Å². The van der Waals surface area contributed by atoms with E-state index in [1.165, 1.54) is 27.3 Å². The van der Waals surface area contributed by atoms with Crippen LogP contribution < -0.4 is 5.32 Å². The van der Waals surface area contributed by atoms with Gasteiger partial charge in [0, 0.05) is 22.7 Å². The summed E-state index contributed by atoms with van der Waals surface area (Å²) in [6, 6.07) is 10.4. The van der Waals surface area contributed by atoms with Crippen molar-refractivity contribution in [3.05, 3.63) is 69.6 Å². The van der Waals surface area contributed by atoms with Crippen LogP contribution in [-0.2, 0) is 13.1 Å². The lowest BCUT2D eigenvalue weighted by Crippen LogP contribution is -2.06. The fraction of sp³-hybridized carbons (Fsp3) is 0.286. The van der Waals surface area contributed by atoms with Crippen LogP contribution in [0, 0.1) is 27.7 Å². The number of nitrogens with one attached hydrogen (secondary N) is 1. The van der Waals surface area contributed by atoms with E-state index in [1.807, 2.05) is 6.07 Å². The summed E-state index contributed by atoms with van der Waals surface area (Å²) in [5.74, 6) is 0.899. The fourth-order valence-corrected chi connectivity index (χ4v) is 4.39. The first kappa shape index (κ1) is 17.7. The lowest BCUT2D eigenvalue weighted by Gasteiger charge is -2.09. The predicted octanol–water partition coefficient (Wildman–Crippen LogP) is 4.78. The Morgan fingerprint density at radius 2 is 1.81 bits per heavy atom. The number of aryl methyl sites for hydroxylation is 3. The normalized spacial score (nSPS) is 11.3. The second-order valence-electron chi connectivity index (χ2n) is 6.83. The van der Waals surface area contributed by atoms with Crippen LogP contribution in [0.25, 0.3) is 10.2 Å². The van der Waals surface area contributed by atoms with E-state index in [1.54, 1.807) is 17.7 Å². The highest BCUT2D eigenvalue weighted by Crippen LogP contribution is 2.32. The number of nitrogens with zero attached hydrogens (tertiary/aromatic N) is 4. The quantitative estimate of drug-likeness (QED) is 0.544. The number of thiophene rings is 1.